The lowest BCUT2D eigenvalue weighted by Crippen LogP contribution is -1.97. The molecule has 52 heavy (non-hydrogen) atoms. The van der Waals surface area contributed by atoms with E-state index < -0.39 is 0 Å². The summed E-state index contributed by atoms with van der Waals surface area (Å²) in [5.41, 5.74) is 9.32. The molecule has 0 aliphatic heterocycles. The minimum absolute atomic E-state index is 1.21. The van der Waals surface area contributed by atoms with Crippen molar-refractivity contribution in [3.63, 3.8) is 0 Å². The van der Waals surface area contributed by atoms with Crippen LogP contribution in [-0.4, -0.2) is 0 Å². The molecule has 4 aromatic heterocycles. The molecule has 0 atom stereocenters. The maximum atomic E-state index is 2.51. The van der Waals surface area contributed by atoms with E-state index in [-0.39, 0.29) is 0 Å². The van der Waals surface area contributed by atoms with Crippen molar-refractivity contribution in [1.29, 1.82) is 0 Å². The smallest absolute Gasteiger partial charge is 0.0391 e. The Hall–Kier alpha value is -2.50. The third kappa shape index (κ3) is 8.26. The molecule has 0 unspecified atom stereocenters. The van der Waals surface area contributed by atoms with Gasteiger partial charge in [-0.2, -0.15) is 0 Å². The lowest BCUT2D eigenvalue weighted by Gasteiger charge is -2.13. The summed E-state index contributed by atoms with van der Waals surface area (Å²) in [7, 11) is 0. The third-order valence-electron chi connectivity index (χ3n) is 10.8. The van der Waals surface area contributed by atoms with Crippen LogP contribution in [0.25, 0.3) is 61.2 Å². The van der Waals surface area contributed by atoms with E-state index >= 15 is 0 Å². The first kappa shape index (κ1) is 39.2. The third-order valence-corrected chi connectivity index (χ3v) is 15.2. The SMILES string of the molecule is CC.CCCCCc1c(CCCCC)c2sc(-c3ccc(-c4cc5c(s4)c(CCCCC)c(CCCCC)c4sccc45)cc3)cc2c2ccsc12. The van der Waals surface area contributed by atoms with Gasteiger partial charge in [0.15, 0.2) is 0 Å². The Morgan fingerprint density at radius 3 is 1.04 bits per heavy atom. The van der Waals surface area contributed by atoms with Gasteiger partial charge in [0.25, 0.3) is 0 Å². The van der Waals surface area contributed by atoms with Crippen LogP contribution < -0.4 is 0 Å². The average molecular weight is 765 g/mol. The molecule has 3 aromatic carbocycles. The highest BCUT2D eigenvalue weighted by atomic mass is 32.1. The van der Waals surface area contributed by atoms with Gasteiger partial charge in [-0.25, -0.2) is 0 Å². The van der Waals surface area contributed by atoms with Crippen molar-refractivity contribution < 1.29 is 0 Å². The van der Waals surface area contributed by atoms with Gasteiger partial charge < -0.3 is 0 Å². The summed E-state index contributed by atoms with van der Waals surface area (Å²) in [5.74, 6) is 0. The van der Waals surface area contributed by atoms with Crippen molar-refractivity contribution in [3.8, 4) is 20.9 Å². The van der Waals surface area contributed by atoms with E-state index in [0.717, 1.165) is 0 Å². The molecule has 0 N–H and O–H groups in total. The van der Waals surface area contributed by atoms with Gasteiger partial charge in [-0.05, 0) is 120 Å². The average Bonchev–Trinajstić information content (AvgIpc) is 4.00. The van der Waals surface area contributed by atoms with Crippen LogP contribution in [0, 0.1) is 0 Å². The quantitative estimate of drug-likeness (QED) is 0.0764. The van der Waals surface area contributed by atoms with Crippen LogP contribution in [0.15, 0.2) is 59.3 Å². The number of rotatable bonds is 18. The Balaban J connectivity index is 0.00000228. The predicted molar refractivity (Wildman–Crippen MR) is 243 cm³/mol. The molecule has 0 saturated heterocycles. The highest BCUT2D eigenvalue weighted by Crippen LogP contribution is 2.47. The minimum atomic E-state index is 1.21. The molecule has 0 aliphatic carbocycles. The maximum absolute atomic E-state index is 2.51. The normalized spacial score (nSPS) is 11.7. The van der Waals surface area contributed by atoms with Crippen molar-refractivity contribution >= 4 is 85.7 Å². The van der Waals surface area contributed by atoms with Gasteiger partial charge in [-0.1, -0.05) is 117 Å². The molecule has 0 spiro atoms. The molecule has 276 valence electrons. The Bertz CT molecular complexity index is 2010. The van der Waals surface area contributed by atoms with E-state index in [4.69, 9.17) is 0 Å². The monoisotopic (exact) mass is 764 g/mol. The van der Waals surface area contributed by atoms with E-state index in [2.05, 4.69) is 87.0 Å². The summed E-state index contributed by atoms with van der Waals surface area (Å²) < 4.78 is 6.19. The Morgan fingerprint density at radius 2 is 0.712 bits per heavy atom. The highest BCUT2D eigenvalue weighted by Gasteiger charge is 2.20. The number of unbranched alkanes of at least 4 members (excludes halogenated alkanes) is 8. The number of hydrogen-bond donors (Lipinski definition) is 0. The summed E-state index contributed by atoms with van der Waals surface area (Å²) in [6.45, 7) is 13.3. The highest BCUT2D eigenvalue weighted by molar-refractivity contribution is 7.23. The van der Waals surface area contributed by atoms with Crippen LogP contribution in [0.5, 0.6) is 0 Å². The number of thiophene rings is 4. The molecule has 4 heterocycles. The Morgan fingerprint density at radius 1 is 0.385 bits per heavy atom. The topological polar surface area (TPSA) is 0 Å². The van der Waals surface area contributed by atoms with E-state index in [1.165, 1.54) is 145 Å². The van der Waals surface area contributed by atoms with Crippen molar-refractivity contribution in [2.24, 2.45) is 0 Å². The molecule has 0 fully saturated rings. The molecule has 7 rings (SSSR count). The van der Waals surface area contributed by atoms with Gasteiger partial charge in [0, 0.05) is 50.1 Å². The molecule has 4 heteroatoms. The van der Waals surface area contributed by atoms with Gasteiger partial charge in [-0.15, -0.1) is 45.3 Å². The second-order valence-corrected chi connectivity index (χ2v) is 18.3. The lowest BCUT2D eigenvalue weighted by atomic mass is 9.93. The van der Waals surface area contributed by atoms with Crippen molar-refractivity contribution in [2.45, 2.75) is 144 Å². The van der Waals surface area contributed by atoms with Gasteiger partial charge in [0.1, 0.15) is 0 Å². The molecule has 0 aliphatic rings. The van der Waals surface area contributed by atoms with Crippen LogP contribution in [0.1, 0.15) is 141 Å². The Labute approximate surface area is 330 Å². The number of fused-ring (bicyclic) bond motifs is 6. The van der Waals surface area contributed by atoms with Crippen molar-refractivity contribution in [2.75, 3.05) is 0 Å². The van der Waals surface area contributed by atoms with Crippen LogP contribution >= 0.6 is 45.3 Å². The first-order valence-electron chi connectivity index (χ1n) is 20.7. The fraction of sp³-hybridized carbons (Fsp3) is 0.458. The standard InChI is InChI=1S/C46H54S4.C2H6/c1-5-9-13-17-33-35(19-15-11-7-3)45-39(37-25-27-47-43(33)37)29-41(49-45)31-21-23-32(24-22-31)42-30-40-38-26-28-48-44(38)34(18-14-10-6-2)36(46(40)50-42)20-16-12-8-4;1-2/h21-30H,5-20H2,1-4H3;1-2H3. The van der Waals surface area contributed by atoms with Crippen LogP contribution in [0.4, 0.5) is 0 Å². The summed E-state index contributed by atoms with van der Waals surface area (Å²) in [5, 5.41) is 10.6. The first-order valence-corrected chi connectivity index (χ1v) is 24.1. The lowest BCUT2D eigenvalue weighted by molar-refractivity contribution is 0.699. The number of benzene rings is 3. The second-order valence-electron chi connectivity index (χ2n) is 14.4. The Kier molecular flexibility index (Phi) is 14.5. The largest absolute Gasteiger partial charge is 0.143 e. The number of hydrogen-bond acceptors (Lipinski definition) is 4. The van der Waals surface area contributed by atoms with Crippen LogP contribution in [0.2, 0.25) is 0 Å². The fourth-order valence-electron chi connectivity index (χ4n) is 8.04. The maximum Gasteiger partial charge on any atom is 0.0391 e. The van der Waals surface area contributed by atoms with Gasteiger partial charge in [0.05, 0.1) is 0 Å². The van der Waals surface area contributed by atoms with E-state index in [1.807, 2.05) is 59.2 Å². The molecule has 0 radical (unpaired) electrons. The second kappa shape index (κ2) is 19.2. The summed E-state index contributed by atoms with van der Waals surface area (Å²) in [6.07, 6.45) is 20.4. The summed E-state index contributed by atoms with van der Waals surface area (Å²) in [6, 6.07) is 19.4. The summed E-state index contributed by atoms with van der Waals surface area (Å²) >= 11 is 8.02. The first-order chi connectivity index (χ1) is 25.7. The van der Waals surface area contributed by atoms with Crippen LogP contribution in [0.3, 0.4) is 0 Å². The van der Waals surface area contributed by atoms with Gasteiger partial charge in [-0.3, -0.25) is 0 Å². The molecular weight excluding hydrogens is 705 g/mol. The molecular formula is C48H60S4. The molecule has 0 nitrogen and oxygen atoms in total. The van der Waals surface area contributed by atoms with Crippen molar-refractivity contribution in [1.82, 2.24) is 0 Å². The van der Waals surface area contributed by atoms with Crippen LogP contribution in [-0.2, 0) is 25.7 Å². The van der Waals surface area contributed by atoms with E-state index in [0.29, 0.717) is 0 Å². The summed E-state index contributed by atoms with van der Waals surface area (Å²) in [4.78, 5) is 2.82. The molecule has 0 saturated carbocycles. The zero-order chi connectivity index (χ0) is 36.5. The zero-order valence-electron chi connectivity index (χ0n) is 32.7. The number of aryl methyl sites for hydroxylation is 4. The molecule has 0 amide bonds. The van der Waals surface area contributed by atoms with Gasteiger partial charge in [0.2, 0.25) is 0 Å². The fourth-order valence-corrected chi connectivity index (χ4v) is 12.6. The molecule has 7 aromatic rings. The van der Waals surface area contributed by atoms with E-state index in [1.54, 1.807) is 41.1 Å². The zero-order valence-corrected chi connectivity index (χ0v) is 36.0. The minimum Gasteiger partial charge on any atom is -0.143 e. The van der Waals surface area contributed by atoms with Crippen molar-refractivity contribution in [3.05, 3.63) is 81.5 Å². The predicted octanol–water partition coefficient (Wildman–Crippen LogP) is 17.8. The van der Waals surface area contributed by atoms with Gasteiger partial charge >= 0.3 is 0 Å². The van der Waals surface area contributed by atoms with E-state index in [9.17, 15) is 0 Å². The molecule has 0 bridgehead atoms.